The fourth-order valence-corrected chi connectivity index (χ4v) is 4.23. The maximum atomic E-state index is 6.33. The van der Waals surface area contributed by atoms with Crippen LogP contribution in [0.4, 0.5) is 5.69 Å². The number of aromatic nitrogens is 3. The summed E-state index contributed by atoms with van der Waals surface area (Å²) in [5.74, 6) is 1.08. The van der Waals surface area contributed by atoms with E-state index in [1.54, 1.807) is 0 Å². The molecule has 0 saturated carbocycles. The molecule has 1 aromatic heterocycles. The molecule has 35 heavy (non-hydrogen) atoms. The van der Waals surface area contributed by atoms with E-state index in [1.165, 1.54) is 0 Å². The molecule has 170 valence electrons. The van der Waals surface area contributed by atoms with Crippen LogP contribution >= 0.6 is 11.6 Å². The van der Waals surface area contributed by atoms with Crippen LogP contribution in [-0.2, 0) is 0 Å². The number of aliphatic imine (C=N–C) groups is 1. The minimum atomic E-state index is 0.164. The summed E-state index contributed by atoms with van der Waals surface area (Å²) in [7, 11) is 0. The molecule has 0 bridgehead atoms. The fourth-order valence-electron chi connectivity index (χ4n) is 4.07. The van der Waals surface area contributed by atoms with E-state index >= 15 is 0 Å². The van der Waals surface area contributed by atoms with Crippen molar-refractivity contribution < 1.29 is 0 Å². The molecule has 1 heterocycles. The van der Waals surface area contributed by atoms with Crippen LogP contribution in [-0.4, -0.2) is 21.2 Å². The molecule has 0 spiro atoms. The van der Waals surface area contributed by atoms with Crippen molar-refractivity contribution in [3.05, 3.63) is 108 Å². The second-order valence-corrected chi connectivity index (χ2v) is 8.47. The van der Waals surface area contributed by atoms with Gasteiger partial charge in [-0.25, -0.2) is 4.98 Å². The second-order valence-electron chi connectivity index (χ2n) is 8.13. The van der Waals surface area contributed by atoms with Gasteiger partial charge in [-0.2, -0.15) is 9.97 Å². The first-order valence-corrected chi connectivity index (χ1v) is 11.8. The van der Waals surface area contributed by atoms with Gasteiger partial charge >= 0.3 is 0 Å². The molecule has 5 rings (SSSR count). The van der Waals surface area contributed by atoms with Crippen LogP contribution in [0.3, 0.4) is 0 Å². The largest absolute Gasteiger partial charge is 0.261 e. The highest BCUT2D eigenvalue weighted by Crippen LogP contribution is 2.34. The lowest BCUT2D eigenvalue weighted by molar-refractivity contribution is 1.07. The average molecular weight is 475 g/mol. The summed E-state index contributed by atoms with van der Waals surface area (Å²) < 4.78 is 0. The average Bonchev–Trinajstić information content (AvgIpc) is 2.90. The Balaban J connectivity index is 1.50. The van der Waals surface area contributed by atoms with E-state index in [0.717, 1.165) is 44.6 Å². The lowest BCUT2D eigenvalue weighted by Crippen LogP contribution is -1.97. The summed E-state index contributed by atoms with van der Waals surface area (Å²) in [6.45, 7) is 4.00. The highest BCUT2D eigenvalue weighted by Gasteiger charge is 2.12. The van der Waals surface area contributed by atoms with E-state index in [0.29, 0.717) is 11.6 Å². The van der Waals surface area contributed by atoms with Gasteiger partial charge in [0.2, 0.25) is 5.28 Å². The molecular formula is C30H23ClN4. The smallest absolute Gasteiger partial charge is 0.226 e. The maximum Gasteiger partial charge on any atom is 0.226 e. The van der Waals surface area contributed by atoms with Crippen molar-refractivity contribution >= 4 is 23.5 Å². The molecule has 0 fully saturated rings. The number of rotatable bonds is 5. The van der Waals surface area contributed by atoms with Crippen LogP contribution < -0.4 is 0 Å². The summed E-state index contributed by atoms with van der Waals surface area (Å²) in [6, 6.07) is 32.7. The zero-order valence-corrected chi connectivity index (χ0v) is 20.2. The maximum absolute atomic E-state index is 6.33. The number of halogens is 1. The highest BCUT2D eigenvalue weighted by molar-refractivity contribution is 6.28. The van der Waals surface area contributed by atoms with Crippen LogP contribution in [0.5, 0.6) is 0 Å². The molecule has 4 aromatic carbocycles. The van der Waals surface area contributed by atoms with Gasteiger partial charge in [0.05, 0.1) is 5.69 Å². The summed E-state index contributed by atoms with van der Waals surface area (Å²) >= 11 is 6.33. The molecule has 0 aliphatic heterocycles. The predicted molar refractivity (Wildman–Crippen MR) is 145 cm³/mol. The Morgan fingerprint density at radius 2 is 1.26 bits per heavy atom. The summed E-state index contributed by atoms with van der Waals surface area (Å²) in [5, 5.41) is 0.164. The fraction of sp³-hybridized carbons (Fsp3) is 0.0667. The molecule has 0 radical (unpaired) electrons. The van der Waals surface area contributed by atoms with Crippen molar-refractivity contribution in [2.45, 2.75) is 13.8 Å². The van der Waals surface area contributed by atoms with Gasteiger partial charge in [0, 0.05) is 22.9 Å². The van der Waals surface area contributed by atoms with E-state index in [9.17, 15) is 0 Å². The monoisotopic (exact) mass is 474 g/mol. The Morgan fingerprint density at radius 1 is 0.629 bits per heavy atom. The van der Waals surface area contributed by atoms with Crippen molar-refractivity contribution in [2.24, 2.45) is 4.99 Å². The van der Waals surface area contributed by atoms with Gasteiger partial charge in [-0.1, -0.05) is 91.0 Å². The Kier molecular flexibility index (Phi) is 6.47. The van der Waals surface area contributed by atoms with Gasteiger partial charge in [-0.05, 0) is 53.8 Å². The third-order valence-electron chi connectivity index (χ3n) is 5.79. The van der Waals surface area contributed by atoms with E-state index in [1.807, 2.05) is 55.6 Å². The standard InChI is InChI=1S/C30H23ClN4/c1-3-32-27-20(2)9-7-14-26(27)22-15-17-23(18-16-22)28-33-29(35-30(31)34-28)25-13-8-12-24(19-25)21-10-5-4-6-11-21/h3-19H,1-2H3. The van der Waals surface area contributed by atoms with Crippen molar-refractivity contribution in [1.29, 1.82) is 0 Å². The SMILES string of the molecule is CC=Nc1c(C)cccc1-c1ccc(-c2nc(Cl)nc(-c3cccc(-c4ccccc4)c3)n2)cc1. The van der Waals surface area contributed by atoms with Crippen molar-refractivity contribution in [3.63, 3.8) is 0 Å². The Bertz CT molecular complexity index is 1510. The molecule has 0 N–H and O–H groups in total. The Morgan fingerprint density at radius 3 is 2.00 bits per heavy atom. The van der Waals surface area contributed by atoms with Crippen LogP contribution in [0.25, 0.3) is 45.0 Å². The van der Waals surface area contributed by atoms with Gasteiger partial charge in [-0.15, -0.1) is 0 Å². The second kappa shape index (κ2) is 10.00. The van der Waals surface area contributed by atoms with E-state index < -0.39 is 0 Å². The lowest BCUT2D eigenvalue weighted by atomic mass is 9.99. The quantitative estimate of drug-likeness (QED) is 0.241. The summed E-state index contributed by atoms with van der Waals surface area (Å²) in [5.41, 5.74) is 8.25. The first-order valence-electron chi connectivity index (χ1n) is 11.4. The van der Waals surface area contributed by atoms with E-state index in [4.69, 9.17) is 16.6 Å². The van der Waals surface area contributed by atoms with E-state index in [2.05, 4.69) is 76.5 Å². The predicted octanol–water partition coefficient (Wildman–Crippen LogP) is 8.22. The van der Waals surface area contributed by atoms with Crippen molar-refractivity contribution in [1.82, 2.24) is 15.0 Å². The topological polar surface area (TPSA) is 51.0 Å². The minimum Gasteiger partial charge on any atom is -0.261 e. The number of hydrogen-bond acceptors (Lipinski definition) is 4. The van der Waals surface area contributed by atoms with E-state index in [-0.39, 0.29) is 5.28 Å². The molecule has 0 saturated heterocycles. The van der Waals surface area contributed by atoms with Gasteiger partial charge in [-0.3, -0.25) is 4.99 Å². The van der Waals surface area contributed by atoms with Crippen LogP contribution in [0.2, 0.25) is 5.28 Å². The van der Waals surface area contributed by atoms with Crippen LogP contribution in [0, 0.1) is 6.92 Å². The molecule has 5 heteroatoms. The van der Waals surface area contributed by atoms with Gasteiger partial charge in [0.25, 0.3) is 0 Å². The number of hydrogen-bond donors (Lipinski definition) is 0. The third-order valence-corrected chi connectivity index (χ3v) is 5.96. The molecule has 5 aromatic rings. The number of para-hydroxylation sites is 1. The summed E-state index contributed by atoms with van der Waals surface area (Å²) in [6.07, 6.45) is 1.82. The normalized spacial score (nSPS) is 11.2. The minimum absolute atomic E-state index is 0.164. The highest BCUT2D eigenvalue weighted by atomic mass is 35.5. The van der Waals surface area contributed by atoms with Gasteiger partial charge in [0.15, 0.2) is 11.6 Å². The first kappa shape index (κ1) is 22.6. The molecule has 0 amide bonds. The molecule has 0 aliphatic carbocycles. The Labute approximate surface area is 210 Å². The molecule has 0 atom stereocenters. The number of nitrogens with zero attached hydrogens (tertiary/aromatic N) is 4. The molecule has 0 aliphatic rings. The molecule has 0 unspecified atom stereocenters. The Hall–Kier alpha value is -4.15. The van der Waals surface area contributed by atoms with Gasteiger partial charge in [0.1, 0.15) is 0 Å². The molecule has 4 nitrogen and oxygen atoms in total. The van der Waals surface area contributed by atoms with Crippen molar-refractivity contribution in [2.75, 3.05) is 0 Å². The van der Waals surface area contributed by atoms with Crippen LogP contribution in [0.1, 0.15) is 12.5 Å². The van der Waals surface area contributed by atoms with Crippen molar-refractivity contribution in [3.8, 4) is 45.0 Å². The third kappa shape index (κ3) is 4.88. The van der Waals surface area contributed by atoms with Crippen LogP contribution in [0.15, 0.2) is 102 Å². The molecular weight excluding hydrogens is 452 g/mol. The number of benzene rings is 4. The zero-order valence-electron chi connectivity index (χ0n) is 19.5. The summed E-state index contributed by atoms with van der Waals surface area (Å²) in [4.78, 5) is 18.1. The van der Waals surface area contributed by atoms with Gasteiger partial charge < -0.3 is 0 Å². The zero-order chi connectivity index (χ0) is 24.2. The first-order chi connectivity index (χ1) is 17.1. The number of aryl methyl sites for hydroxylation is 1. The lowest BCUT2D eigenvalue weighted by Gasteiger charge is -2.10.